The van der Waals surface area contributed by atoms with Crippen molar-refractivity contribution in [2.45, 2.75) is 503 Å². The number of rotatable bonds is 74. The third-order valence-electron chi connectivity index (χ3n) is 22.8. The average molecular weight is 1530 g/mol. The Hall–Kier alpha value is -1.73. The van der Waals surface area contributed by atoms with Crippen molar-refractivity contribution < 1.29 is 89.4 Å². The number of amides is 1. The number of hydrogen-bond donors (Lipinski definition) is 12. The van der Waals surface area contributed by atoms with E-state index in [1.54, 1.807) is 6.08 Å². The molecule has 0 aromatic heterocycles. The van der Waals surface area contributed by atoms with Crippen LogP contribution in [0.3, 0.4) is 0 Å². The van der Waals surface area contributed by atoms with Crippen LogP contribution in [0, 0.1) is 0 Å². The van der Waals surface area contributed by atoms with E-state index in [0.29, 0.717) is 12.8 Å². The van der Waals surface area contributed by atoms with E-state index < -0.39 is 124 Å². The highest BCUT2D eigenvalue weighted by Gasteiger charge is 2.54. The molecule has 0 aromatic rings. The van der Waals surface area contributed by atoms with Crippen LogP contribution in [0.4, 0.5) is 0 Å². The van der Waals surface area contributed by atoms with Crippen LogP contribution in [0.1, 0.15) is 399 Å². The second-order valence-electron chi connectivity index (χ2n) is 32.4. The van der Waals surface area contributed by atoms with Gasteiger partial charge >= 0.3 is 0 Å². The Morgan fingerprint density at radius 1 is 0.327 bits per heavy atom. The molecule has 0 aliphatic carbocycles. The Bertz CT molecular complexity index is 2020. The van der Waals surface area contributed by atoms with Crippen molar-refractivity contribution in [3.8, 4) is 0 Å². The minimum atomic E-state index is -1.98. The first-order chi connectivity index (χ1) is 52.3. The fourth-order valence-corrected chi connectivity index (χ4v) is 15.6. The van der Waals surface area contributed by atoms with E-state index >= 15 is 0 Å². The highest BCUT2D eigenvalue weighted by molar-refractivity contribution is 5.76. The SMILES string of the molecule is CCCCCCCCCCCCCCCCCCCC/C=C/CC/C=C/C(O)C(COC1OC(CO)C(OC2OC(CO)C(OC3OC(CO)C(O)C(O)C3O)C(O)C2O)C(O)C1O)NC(=O)CCCCCCCCCCCCCCCCCCCCCCCCCCCCCCCCCCCCCCCC. The first-order valence-electron chi connectivity index (χ1n) is 45.1. The van der Waals surface area contributed by atoms with Crippen LogP contribution < -0.4 is 5.32 Å². The monoisotopic (exact) mass is 1530 g/mol. The molecule has 3 aliphatic heterocycles. The molecule has 632 valence electrons. The first-order valence-corrected chi connectivity index (χ1v) is 45.1. The Morgan fingerprint density at radius 2 is 0.598 bits per heavy atom. The Labute approximate surface area is 651 Å². The van der Waals surface area contributed by atoms with Gasteiger partial charge in [-0.05, 0) is 32.1 Å². The topological polar surface area (TPSA) is 307 Å². The number of aliphatic hydroxyl groups excluding tert-OH is 11. The molecule has 0 radical (unpaired) electrons. The molecule has 19 nitrogen and oxygen atoms in total. The van der Waals surface area contributed by atoms with Gasteiger partial charge in [0.05, 0.1) is 38.6 Å². The van der Waals surface area contributed by atoms with Crippen molar-refractivity contribution in [1.29, 1.82) is 0 Å². The second kappa shape index (κ2) is 68.7. The number of aliphatic hydroxyl groups is 11. The predicted octanol–water partition coefficient (Wildman–Crippen LogP) is 16.9. The number of nitrogens with one attached hydrogen (secondary N) is 1. The molecule has 3 heterocycles. The number of ether oxygens (including phenoxy) is 6. The number of hydrogen-bond acceptors (Lipinski definition) is 18. The van der Waals surface area contributed by atoms with Gasteiger partial charge in [0.1, 0.15) is 73.2 Å². The van der Waals surface area contributed by atoms with Gasteiger partial charge in [-0.15, -0.1) is 0 Å². The zero-order valence-electron chi connectivity index (χ0n) is 68.2. The molecular formula is C88H167NO18. The maximum Gasteiger partial charge on any atom is 0.220 e. The summed E-state index contributed by atoms with van der Waals surface area (Å²) < 4.78 is 34.5. The van der Waals surface area contributed by atoms with Crippen molar-refractivity contribution in [2.24, 2.45) is 0 Å². The van der Waals surface area contributed by atoms with E-state index in [4.69, 9.17) is 28.4 Å². The second-order valence-corrected chi connectivity index (χ2v) is 32.4. The quantitative estimate of drug-likeness (QED) is 0.0199. The van der Waals surface area contributed by atoms with Crippen LogP contribution in [0.5, 0.6) is 0 Å². The van der Waals surface area contributed by atoms with Gasteiger partial charge in [0.15, 0.2) is 18.9 Å². The fraction of sp³-hybridized carbons (Fsp3) is 0.943. The van der Waals surface area contributed by atoms with Gasteiger partial charge in [-0.3, -0.25) is 4.79 Å². The van der Waals surface area contributed by atoms with Crippen LogP contribution >= 0.6 is 0 Å². The Balaban J connectivity index is 1.31. The third-order valence-corrected chi connectivity index (χ3v) is 22.8. The lowest BCUT2D eigenvalue weighted by atomic mass is 9.96. The minimum absolute atomic E-state index is 0.241. The minimum Gasteiger partial charge on any atom is -0.394 e. The van der Waals surface area contributed by atoms with Gasteiger partial charge in [-0.25, -0.2) is 0 Å². The normalized spacial score (nSPS) is 25.6. The summed E-state index contributed by atoms with van der Waals surface area (Å²) in [6.07, 6.45) is 59.2. The molecule has 107 heavy (non-hydrogen) atoms. The van der Waals surface area contributed by atoms with E-state index in [9.17, 15) is 61.0 Å². The van der Waals surface area contributed by atoms with E-state index in [-0.39, 0.29) is 18.9 Å². The molecule has 17 atom stereocenters. The largest absolute Gasteiger partial charge is 0.394 e. The first kappa shape index (κ1) is 99.5. The van der Waals surface area contributed by atoms with Gasteiger partial charge in [0.2, 0.25) is 5.91 Å². The summed E-state index contributed by atoms with van der Waals surface area (Å²) in [4.78, 5) is 13.5. The summed E-state index contributed by atoms with van der Waals surface area (Å²) in [5.74, 6) is -0.276. The van der Waals surface area contributed by atoms with Crippen molar-refractivity contribution in [3.63, 3.8) is 0 Å². The maximum absolute atomic E-state index is 13.5. The van der Waals surface area contributed by atoms with Crippen LogP contribution in [-0.4, -0.2) is 193 Å². The lowest BCUT2D eigenvalue weighted by molar-refractivity contribution is -0.379. The fourth-order valence-electron chi connectivity index (χ4n) is 15.6. The molecule has 3 aliphatic rings. The Morgan fingerprint density at radius 3 is 0.935 bits per heavy atom. The highest BCUT2D eigenvalue weighted by Crippen LogP contribution is 2.34. The van der Waals surface area contributed by atoms with Gasteiger partial charge < -0.3 is 89.9 Å². The Kier molecular flexibility index (Phi) is 63.8. The zero-order valence-corrected chi connectivity index (χ0v) is 68.2. The standard InChI is InChI=1S/C88H167NO18/c1-3-5-7-9-11-13-15-17-19-21-23-25-27-29-30-31-32-33-34-35-36-37-38-39-40-41-42-44-46-48-50-52-54-56-58-60-62-64-66-76(94)89-71(72(93)65-63-61-59-57-55-53-51-49-47-45-43-28-26-24-22-20-18-16-14-12-10-8-6-4-2)70-102-86-82(100)79(97)84(74(68-91)104-86)107-88-83(101)80(98)85(75(69-92)105-88)106-87-81(99)78(96)77(95)73(67-90)103-87/h55,57,63,65,71-75,77-88,90-93,95-101H,3-54,56,58-62,64,66-70H2,1-2H3,(H,89,94)/b57-55+,65-63+. The molecule has 3 rings (SSSR count). The van der Waals surface area contributed by atoms with Gasteiger partial charge in [-0.2, -0.15) is 0 Å². The predicted molar refractivity (Wildman–Crippen MR) is 430 cm³/mol. The molecule has 3 fully saturated rings. The summed E-state index contributed by atoms with van der Waals surface area (Å²) in [6, 6.07) is -0.989. The molecule has 12 N–H and O–H groups in total. The number of allylic oxidation sites excluding steroid dienone is 3. The highest BCUT2D eigenvalue weighted by atomic mass is 16.8. The van der Waals surface area contributed by atoms with Crippen LogP contribution in [0.25, 0.3) is 0 Å². The molecule has 0 aromatic carbocycles. The maximum atomic E-state index is 13.5. The van der Waals surface area contributed by atoms with Gasteiger partial charge in [0, 0.05) is 6.42 Å². The number of carbonyl (C=O) groups excluding carboxylic acids is 1. The summed E-state index contributed by atoms with van der Waals surface area (Å²) in [6.45, 7) is 1.79. The van der Waals surface area contributed by atoms with E-state index in [0.717, 1.165) is 38.5 Å². The average Bonchev–Trinajstić information content (AvgIpc) is 0.781. The molecule has 1 amide bonds. The molecule has 0 saturated carbocycles. The van der Waals surface area contributed by atoms with E-state index in [2.05, 4.69) is 31.3 Å². The summed E-state index contributed by atoms with van der Waals surface area (Å²) in [7, 11) is 0. The summed E-state index contributed by atoms with van der Waals surface area (Å²) in [5.41, 5.74) is 0. The molecular weight excluding hydrogens is 1360 g/mol. The lowest BCUT2D eigenvalue weighted by Gasteiger charge is -2.48. The van der Waals surface area contributed by atoms with Crippen molar-refractivity contribution in [3.05, 3.63) is 24.3 Å². The lowest BCUT2D eigenvalue weighted by Crippen LogP contribution is -2.66. The zero-order chi connectivity index (χ0) is 77.4. The summed E-state index contributed by atoms with van der Waals surface area (Å²) >= 11 is 0. The number of carbonyl (C=O) groups is 1. The summed E-state index contributed by atoms with van der Waals surface area (Å²) in [5, 5.41) is 121. The third kappa shape index (κ3) is 47.7. The molecule has 0 spiro atoms. The molecule has 17 unspecified atom stereocenters. The molecule has 0 bridgehead atoms. The van der Waals surface area contributed by atoms with Crippen LogP contribution in [0.2, 0.25) is 0 Å². The van der Waals surface area contributed by atoms with Gasteiger partial charge in [0.25, 0.3) is 0 Å². The number of unbranched alkanes of at least 4 members (excludes halogenated alkanes) is 56. The van der Waals surface area contributed by atoms with E-state index in [1.807, 2.05) is 6.08 Å². The smallest absolute Gasteiger partial charge is 0.220 e. The molecule has 3 saturated heterocycles. The van der Waals surface area contributed by atoms with Gasteiger partial charge in [-0.1, -0.05) is 385 Å². The van der Waals surface area contributed by atoms with Crippen LogP contribution in [0.15, 0.2) is 24.3 Å². The van der Waals surface area contributed by atoms with Crippen molar-refractivity contribution >= 4 is 5.91 Å². The van der Waals surface area contributed by atoms with E-state index in [1.165, 1.54) is 327 Å². The van der Waals surface area contributed by atoms with Crippen molar-refractivity contribution in [2.75, 3.05) is 26.4 Å². The van der Waals surface area contributed by atoms with Crippen molar-refractivity contribution in [1.82, 2.24) is 5.32 Å². The van der Waals surface area contributed by atoms with Crippen LogP contribution in [-0.2, 0) is 33.2 Å². The molecule has 19 heteroatoms.